The maximum atomic E-state index is 9.88. The highest BCUT2D eigenvalue weighted by molar-refractivity contribution is 6.32. The third kappa shape index (κ3) is 2.54. The molecule has 0 radical (unpaired) electrons. The number of benzene rings is 1. The van der Waals surface area contributed by atoms with Gasteiger partial charge in [-0.25, -0.2) is 4.68 Å². The van der Waals surface area contributed by atoms with Gasteiger partial charge in [-0.2, -0.15) is 5.10 Å². The topological polar surface area (TPSA) is 47.3 Å². The van der Waals surface area contributed by atoms with Gasteiger partial charge in [-0.15, -0.1) is 0 Å². The highest BCUT2D eigenvalue weighted by atomic mass is 35.5. The molecule has 0 spiro atoms. The lowest BCUT2D eigenvalue weighted by molar-refractivity contribution is 0.419. The average molecular weight is 281 g/mol. The van der Waals surface area contributed by atoms with Crippen molar-refractivity contribution in [1.82, 2.24) is 9.78 Å². The van der Waals surface area contributed by atoms with Crippen LogP contribution in [-0.2, 0) is 13.5 Å². The highest BCUT2D eigenvalue weighted by Gasteiger charge is 2.14. The van der Waals surface area contributed by atoms with Gasteiger partial charge in [0.05, 0.1) is 10.7 Å². The molecule has 0 aliphatic heterocycles. The predicted octanol–water partition coefficient (Wildman–Crippen LogP) is 3.75. The predicted molar refractivity (Wildman–Crippen MR) is 75.3 cm³/mol. The van der Waals surface area contributed by atoms with E-state index < -0.39 is 0 Å². The maximum Gasteiger partial charge on any atom is 0.220 e. The third-order valence-electron chi connectivity index (χ3n) is 3.18. The molecule has 1 N–H and O–H groups in total. The van der Waals surface area contributed by atoms with Gasteiger partial charge in [0, 0.05) is 18.7 Å². The summed E-state index contributed by atoms with van der Waals surface area (Å²) in [5.41, 5.74) is 2.66. The van der Waals surface area contributed by atoms with Gasteiger partial charge in [0.2, 0.25) is 5.88 Å². The second-order valence-electron chi connectivity index (χ2n) is 4.51. The molecule has 5 heteroatoms. The Labute approximate surface area is 117 Å². The Hall–Kier alpha value is -1.68. The van der Waals surface area contributed by atoms with E-state index in [-0.39, 0.29) is 5.75 Å². The summed E-state index contributed by atoms with van der Waals surface area (Å²) in [5, 5.41) is 14.6. The van der Waals surface area contributed by atoms with Gasteiger partial charge in [0.25, 0.3) is 0 Å². The molecule has 102 valence electrons. The average Bonchev–Trinajstić information content (AvgIpc) is 2.60. The summed E-state index contributed by atoms with van der Waals surface area (Å²) in [6.45, 7) is 5.81. The molecule has 0 fully saturated rings. The van der Waals surface area contributed by atoms with Gasteiger partial charge in [0.15, 0.2) is 5.75 Å². The van der Waals surface area contributed by atoms with Gasteiger partial charge in [-0.1, -0.05) is 18.5 Å². The van der Waals surface area contributed by atoms with Crippen molar-refractivity contribution in [3.05, 3.63) is 34.0 Å². The number of phenolic OH excluding ortho intramolecular Hbond substituents is 1. The number of aromatic nitrogens is 2. The first-order valence-corrected chi connectivity index (χ1v) is 6.51. The lowest BCUT2D eigenvalue weighted by Crippen LogP contribution is -1.97. The van der Waals surface area contributed by atoms with E-state index in [0.717, 1.165) is 23.2 Å². The molecule has 2 rings (SSSR count). The van der Waals surface area contributed by atoms with Gasteiger partial charge >= 0.3 is 0 Å². The lowest BCUT2D eigenvalue weighted by atomic mass is 10.1. The highest BCUT2D eigenvalue weighted by Crippen LogP contribution is 2.36. The van der Waals surface area contributed by atoms with Crippen molar-refractivity contribution in [1.29, 1.82) is 0 Å². The minimum absolute atomic E-state index is 0.193. The fourth-order valence-electron chi connectivity index (χ4n) is 1.93. The van der Waals surface area contributed by atoms with Crippen LogP contribution in [0, 0.1) is 13.8 Å². The number of aryl methyl sites for hydroxylation is 3. The first-order valence-electron chi connectivity index (χ1n) is 6.13. The molecule has 0 amide bonds. The van der Waals surface area contributed by atoms with Crippen LogP contribution in [0.2, 0.25) is 5.02 Å². The van der Waals surface area contributed by atoms with Crippen LogP contribution >= 0.6 is 11.6 Å². The van der Waals surface area contributed by atoms with E-state index in [4.69, 9.17) is 16.3 Å². The van der Waals surface area contributed by atoms with Gasteiger partial charge < -0.3 is 9.84 Å². The van der Waals surface area contributed by atoms with E-state index in [0.29, 0.717) is 16.7 Å². The molecular formula is C14H17ClN2O2. The first kappa shape index (κ1) is 13.7. The zero-order valence-electron chi connectivity index (χ0n) is 11.5. The smallest absolute Gasteiger partial charge is 0.220 e. The summed E-state index contributed by atoms with van der Waals surface area (Å²) in [6.07, 6.45) is 0.718. The molecule has 0 aliphatic rings. The van der Waals surface area contributed by atoms with Crippen LogP contribution in [0.15, 0.2) is 12.1 Å². The standard InChI is InChI=1S/C14H17ClN2O2/c1-5-10-6-11(15)13(7-12(10)18)19-14-8(2)9(3)16-17(14)4/h6-7,18H,5H2,1-4H3. The third-order valence-corrected chi connectivity index (χ3v) is 3.47. The van der Waals surface area contributed by atoms with Crippen LogP contribution < -0.4 is 4.74 Å². The SMILES string of the molecule is CCc1cc(Cl)c(Oc2c(C)c(C)nn2C)cc1O. The van der Waals surface area contributed by atoms with Crippen LogP contribution in [0.25, 0.3) is 0 Å². The van der Waals surface area contributed by atoms with E-state index in [1.807, 2.05) is 27.8 Å². The van der Waals surface area contributed by atoms with Crippen molar-refractivity contribution in [2.75, 3.05) is 0 Å². The van der Waals surface area contributed by atoms with E-state index in [1.54, 1.807) is 16.8 Å². The lowest BCUT2D eigenvalue weighted by Gasteiger charge is -2.11. The van der Waals surface area contributed by atoms with E-state index in [1.165, 1.54) is 0 Å². The molecule has 0 saturated carbocycles. The minimum Gasteiger partial charge on any atom is -0.508 e. The van der Waals surface area contributed by atoms with Gasteiger partial charge in [0.1, 0.15) is 5.75 Å². The number of ether oxygens (including phenoxy) is 1. The fraction of sp³-hybridized carbons (Fsp3) is 0.357. The Morgan fingerprint density at radius 2 is 2.05 bits per heavy atom. The molecule has 4 nitrogen and oxygen atoms in total. The van der Waals surface area contributed by atoms with E-state index in [9.17, 15) is 5.11 Å². The molecule has 2 aromatic rings. The number of phenols is 1. The molecular weight excluding hydrogens is 264 g/mol. The molecule has 0 atom stereocenters. The van der Waals surface area contributed by atoms with Crippen LogP contribution in [0.1, 0.15) is 23.7 Å². The van der Waals surface area contributed by atoms with Crippen LogP contribution in [0.4, 0.5) is 0 Å². The van der Waals surface area contributed by atoms with Crippen molar-refractivity contribution in [3.8, 4) is 17.4 Å². The monoisotopic (exact) mass is 280 g/mol. The van der Waals surface area contributed by atoms with Gasteiger partial charge in [-0.05, 0) is 31.9 Å². The summed E-state index contributed by atoms with van der Waals surface area (Å²) < 4.78 is 7.44. The van der Waals surface area contributed by atoms with Crippen LogP contribution in [0.3, 0.4) is 0 Å². The summed E-state index contributed by atoms with van der Waals surface area (Å²) >= 11 is 6.18. The second kappa shape index (κ2) is 5.13. The van der Waals surface area contributed by atoms with Crippen molar-refractivity contribution in [2.24, 2.45) is 7.05 Å². The Morgan fingerprint density at radius 3 is 2.58 bits per heavy atom. The van der Waals surface area contributed by atoms with E-state index in [2.05, 4.69) is 5.10 Å². The summed E-state index contributed by atoms with van der Waals surface area (Å²) in [6, 6.07) is 3.27. The molecule has 19 heavy (non-hydrogen) atoms. The molecule has 1 heterocycles. The van der Waals surface area contributed by atoms with E-state index >= 15 is 0 Å². The zero-order valence-corrected chi connectivity index (χ0v) is 12.2. The largest absolute Gasteiger partial charge is 0.508 e. The molecule has 0 unspecified atom stereocenters. The summed E-state index contributed by atoms with van der Waals surface area (Å²) in [4.78, 5) is 0. The second-order valence-corrected chi connectivity index (χ2v) is 4.91. The quantitative estimate of drug-likeness (QED) is 0.931. The zero-order chi connectivity index (χ0) is 14.2. The number of hydrogen-bond donors (Lipinski definition) is 1. The summed E-state index contributed by atoms with van der Waals surface area (Å²) in [7, 11) is 1.81. The Balaban J connectivity index is 2.41. The fourth-order valence-corrected chi connectivity index (χ4v) is 2.16. The molecule has 0 aliphatic carbocycles. The number of aromatic hydroxyl groups is 1. The maximum absolute atomic E-state index is 9.88. The Kier molecular flexibility index (Phi) is 3.71. The number of nitrogens with zero attached hydrogens (tertiary/aromatic N) is 2. The van der Waals surface area contributed by atoms with Crippen LogP contribution in [-0.4, -0.2) is 14.9 Å². The molecule has 0 bridgehead atoms. The number of rotatable bonds is 3. The Bertz CT molecular complexity index is 620. The number of hydrogen-bond acceptors (Lipinski definition) is 3. The molecule has 1 aromatic heterocycles. The summed E-state index contributed by atoms with van der Waals surface area (Å²) in [5.74, 6) is 1.25. The first-order chi connectivity index (χ1) is 8.93. The van der Waals surface area contributed by atoms with Crippen molar-refractivity contribution < 1.29 is 9.84 Å². The van der Waals surface area contributed by atoms with Crippen molar-refractivity contribution in [3.63, 3.8) is 0 Å². The van der Waals surface area contributed by atoms with Crippen molar-refractivity contribution >= 4 is 11.6 Å². The Morgan fingerprint density at radius 1 is 1.37 bits per heavy atom. The molecule has 1 aromatic carbocycles. The van der Waals surface area contributed by atoms with Crippen LogP contribution in [0.5, 0.6) is 17.4 Å². The normalized spacial score (nSPS) is 10.8. The molecule has 0 saturated heterocycles. The number of halogens is 1. The van der Waals surface area contributed by atoms with Crippen molar-refractivity contribution in [2.45, 2.75) is 27.2 Å². The minimum atomic E-state index is 0.193. The van der Waals surface area contributed by atoms with Gasteiger partial charge in [-0.3, -0.25) is 0 Å².